The fourth-order valence-corrected chi connectivity index (χ4v) is 3.76. The molecular formula is C20H25ClFN3O3. The van der Waals surface area contributed by atoms with E-state index in [4.69, 9.17) is 11.6 Å². The minimum atomic E-state index is -0.464. The maximum atomic E-state index is 14.0. The van der Waals surface area contributed by atoms with E-state index >= 15 is 0 Å². The SMILES string of the molecule is CCC(=O)N1C/C(=C/O)CC(N(C(=O)NCc2ccc(Cl)cc2F)C2CC2)C1. The largest absolute Gasteiger partial charge is 0.516 e. The second-order valence-electron chi connectivity index (χ2n) is 7.31. The summed E-state index contributed by atoms with van der Waals surface area (Å²) in [5.41, 5.74) is 1.08. The maximum Gasteiger partial charge on any atom is 0.318 e. The van der Waals surface area contributed by atoms with Crippen LogP contribution < -0.4 is 5.32 Å². The van der Waals surface area contributed by atoms with Crippen molar-refractivity contribution in [3.05, 3.63) is 46.4 Å². The fraction of sp³-hybridized carbons (Fsp3) is 0.500. The van der Waals surface area contributed by atoms with Gasteiger partial charge in [0.15, 0.2) is 0 Å². The van der Waals surface area contributed by atoms with Gasteiger partial charge in [0.1, 0.15) is 5.82 Å². The van der Waals surface area contributed by atoms with E-state index in [1.54, 1.807) is 28.9 Å². The Bertz CT molecular complexity index is 782. The molecule has 0 radical (unpaired) electrons. The number of aliphatic hydroxyl groups is 1. The van der Waals surface area contributed by atoms with E-state index in [0.717, 1.165) is 24.7 Å². The van der Waals surface area contributed by atoms with E-state index in [-0.39, 0.29) is 30.6 Å². The van der Waals surface area contributed by atoms with Crippen molar-refractivity contribution in [3.63, 3.8) is 0 Å². The third-order valence-corrected chi connectivity index (χ3v) is 5.41. The Hall–Kier alpha value is -2.28. The number of rotatable bonds is 5. The molecule has 3 amide bonds. The number of hydrogen-bond acceptors (Lipinski definition) is 3. The molecule has 6 nitrogen and oxygen atoms in total. The zero-order valence-corrected chi connectivity index (χ0v) is 16.6. The first-order valence-electron chi connectivity index (χ1n) is 9.53. The van der Waals surface area contributed by atoms with E-state index in [0.29, 0.717) is 36.5 Å². The minimum Gasteiger partial charge on any atom is -0.516 e. The van der Waals surface area contributed by atoms with Crippen LogP contribution in [0.25, 0.3) is 0 Å². The van der Waals surface area contributed by atoms with Crippen LogP contribution in [-0.4, -0.2) is 52.0 Å². The topological polar surface area (TPSA) is 72.9 Å². The highest BCUT2D eigenvalue weighted by molar-refractivity contribution is 6.30. The lowest BCUT2D eigenvalue weighted by atomic mass is 9.99. The lowest BCUT2D eigenvalue weighted by Crippen LogP contribution is -2.55. The molecule has 1 aromatic carbocycles. The van der Waals surface area contributed by atoms with Crippen molar-refractivity contribution in [2.75, 3.05) is 13.1 Å². The Morgan fingerprint density at radius 1 is 1.39 bits per heavy atom. The van der Waals surface area contributed by atoms with Crippen molar-refractivity contribution in [2.45, 2.75) is 51.2 Å². The molecule has 0 aromatic heterocycles. The van der Waals surface area contributed by atoms with Crippen LogP contribution in [-0.2, 0) is 11.3 Å². The second kappa shape index (κ2) is 8.82. The summed E-state index contributed by atoms with van der Waals surface area (Å²) in [5.74, 6) is -0.475. The smallest absolute Gasteiger partial charge is 0.318 e. The zero-order chi connectivity index (χ0) is 20.3. The molecule has 0 bridgehead atoms. The summed E-state index contributed by atoms with van der Waals surface area (Å²) in [4.78, 5) is 28.5. The van der Waals surface area contributed by atoms with Gasteiger partial charge in [0.2, 0.25) is 5.91 Å². The third-order valence-electron chi connectivity index (χ3n) is 5.17. The number of amides is 3. The van der Waals surface area contributed by atoms with Gasteiger partial charge in [-0.2, -0.15) is 0 Å². The lowest BCUT2D eigenvalue weighted by molar-refractivity contribution is -0.131. The van der Waals surface area contributed by atoms with E-state index in [9.17, 15) is 19.1 Å². The van der Waals surface area contributed by atoms with Crippen LogP contribution in [0.3, 0.4) is 0 Å². The number of likely N-dealkylation sites (tertiary alicyclic amines) is 1. The number of nitrogens with one attached hydrogen (secondary N) is 1. The standard InChI is InChI=1S/C20H25ClFN3O3/c1-2-19(27)24-10-13(12-26)7-17(11-24)25(16-5-6-16)20(28)23-9-14-3-4-15(21)8-18(14)22/h3-4,8,12,16-17,26H,2,5-7,9-11H2,1H3,(H,23,28)/b13-12+. The molecule has 152 valence electrons. The highest BCUT2D eigenvalue weighted by Gasteiger charge is 2.40. The molecule has 1 unspecified atom stereocenters. The molecule has 28 heavy (non-hydrogen) atoms. The van der Waals surface area contributed by atoms with Crippen LogP contribution >= 0.6 is 11.6 Å². The van der Waals surface area contributed by atoms with Crippen molar-refractivity contribution in [1.82, 2.24) is 15.1 Å². The summed E-state index contributed by atoms with van der Waals surface area (Å²) < 4.78 is 14.0. The molecule has 3 rings (SSSR count). The van der Waals surface area contributed by atoms with E-state index in [2.05, 4.69) is 5.32 Å². The van der Waals surface area contributed by atoms with Gasteiger partial charge in [-0.25, -0.2) is 9.18 Å². The molecule has 0 spiro atoms. The van der Waals surface area contributed by atoms with Crippen LogP contribution in [0.15, 0.2) is 30.0 Å². The highest BCUT2D eigenvalue weighted by Crippen LogP contribution is 2.32. The quantitative estimate of drug-likeness (QED) is 0.730. The third kappa shape index (κ3) is 4.76. The normalized spacial score (nSPS) is 20.9. The van der Waals surface area contributed by atoms with Crippen LogP contribution in [0.4, 0.5) is 9.18 Å². The summed E-state index contributed by atoms with van der Waals surface area (Å²) in [6.45, 7) is 2.66. The number of hydrogen-bond donors (Lipinski definition) is 2. The van der Waals surface area contributed by atoms with Crippen LogP contribution in [0.1, 0.15) is 38.2 Å². The number of halogens is 2. The first kappa shape index (κ1) is 20.5. The number of benzene rings is 1. The van der Waals surface area contributed by atoms with Crippen molar-refractivity contribution in [3.8, 4) is 0 Å². The van der Waals surface area contributed by atoms with Gasteiger partial charge in [-0.15, -0.1) is 0 Å². The van der Waals surface area contributed by atoms with Gasteiger partial charge in [-0.05, 0) is 37.0 Å². The van der Waals surface area contributed by atoms with Gasteiger partial charge in [-0.3, -0.25) is 4.79 Å². The van der Waals surface area contributed by atoms with E-state index < -0.39 is 5.82 Å². The van der Waals surface area contributed by atoms with Crippen LogP contribution in [0, 0.1) is 5.82 Å². The minimum absolute atomic E-state index is 0.0107. The Morgan fingerprint density at radius 3 is 2.75 bits per heavy atom. The van der Waals surface area contributed by atoms with Gasteiger partial charge in [0, 0.05) is 42.7 Å². The van der Waals surface area contributed by atoms with Crippen molar-refractivity contribution in [2.24, 2.45) is 0 Å². The summed E-state index contributed by atoms with van der Waals surface area (Å²) in [5, 5.41) is 12.6. The molecule has 2 aliphatic rings. The molecule has 1 heterocycles. The second-order valence-corrected chi connectivity index (χ2v) is 7.74. The van der Waals surface area contributed by atoms with Crippen molar-refractivity contribution < 1.29 is 19.1 Å². The summed E-state index contributed by atoms with van der Waals surface area (Å²) in [6, 6.07) is 3.95. The average molecular weight is 410 g/mol. The molecule has 1 aromatic rings. The number of nitrogens with zero attached hydrogens (tertiary/aromatic N) is 2. The highest BCUT2D eigenvalue weighted by atomic mass is 35.5. The number of aliphatic hydroxyl groups excluding tert-OH is 1. The van der Waals surface area contributed by atoms with Gasteiger partial charge in [-0.1, -0.05) is 24.6 Å². The van der Waals surface area contributed by atoms with Crippen LogP contribution in [0.2, 0.25) is 5.02 Å². The van der Waals surface area contributed by atoms with Crippen molar-refractivity contribution in [1.29, 1.82) is 0 Å². The molecule has 1 atom stereocenters. The Balaban J connectivity index is 1.71. The monoisotopic (exact) mass is 409 g/mol. The number of urea groups is 1. The number of piperidine rings is 1. The van der Waals surface area contributed by atoms with Gasteiger partial charge in [0.05, 0.1) is 12.3 Å². The first-order chi connectivity index (χ1) is 13.4. The van der Waals surface area contributed by atoms with E-state index in [1.807, 2.05) is 0 Å². The number of carbonyl (C=O) groups excluding carboxylic acids is 2. The van der Waals surface area contributed by atoms with Gasteiger partial charge in [0.25, 0.3) is 0 Å². The number of carbonyl (C=O) groups is 2. The molecule has 1 aliphatic heterocycles. The molecule has 1 saturated carbocycles. The van der Waals surface area contributed by atoms with Crippen LogP contribution in [0.5, 0.6) is 0 Å². The molecule has 1 saturated heterocycles. The van der Waals surface area contributed by atoms with Crippen molar-refractivity contribution >= 4 is 23.5 Å². The van der Waals surface area contributed by atoms with Gasteiger partial charge >= 0.3 is 6.03 Å². The Labute approximate surface area is 168 Å². The molecular weight excluding hydrogens is 385 g/mol. The Morgan fingerprint density at radius 2 is 2.14 bits per heavy atom. The predicted octanol–water partition coefficient (Wildman–Crippen LogP) is 3.61. The Kier molecular flexibility index (Phi) is 6.44. The van der Waals surface area contributed by atoms with E-state index in [1.165, 1.54) is 6.07 Å². The van der Waals surface area contributed by atoms with Gasteiger partial charge < -0.3 is 20.2 Å². The molecule has 8 heteroatoms. The molecule has 2 N–H and O–H groups in total. The zero-order valence-electron chi connectivity index (χ0n) is 15.8. The molecule has 2 fully saturated rings. The lowest BCUT2D eigenvalue weighted by Gasteiger charge is -2.40. The fourth-order valence-electron chi connectivity index (χ4n) is 3.60. The first-order valence-corrected chi connectivity index (χ1v) is 9.90. The average Bonchev–Trinajstić information content (AvgIpc) is 3.51. The molecule has 1 aliphatic carbocycles. The summed E-state index contributed by atoms with van der Waals surface area (Å²) in [7, 11) is 0. The summed E-state index contributed by atoms with van der Waals surface area (Å²) >= 11 is 5.77. The summed E-state index contributed by atoms with van der Waals surface area (Å²) in [6.07, 6.45) is 3.73. The predicted molar refractivity (Wildman–Crippen MR) is 104 cm³/mol. The maximum absolute atomic E-state index is 14.0.